The second-order valence-corrected chi connectivity index (χ2v) is 3.02. The van der Waals surface area contributed by atoms with Crippen LogP contribution in [0.15, 0.2) is 6.58 Å². The summed E-state index contributed by atoms with van der Waals surface area (Å²) in [5.74, 6) is -3.68. The van der Waals surface area contributed by atoms with E-state index in [4.69, 9.17) is 0 Å². The molecule has 0 fully saturated rings. The van der Waals surface area contributed by atoms with Crippen molar-refractivity contribution >= 4 is 6.08 Å². The van der Waals surface area contributed by atoms with Crippen LogP contribution in [0.3, 0.4) is 0 Å². The standard InChI is InChI=1S/C11H11F3.C2H6/c1-4-7-6(3)9(12)11(14)10(13)8(7)5-2;1-2/h5H,2,4H2,1,3H3;1-2H3. The molecular formula is C13H17F3. The summed E-state index contributed by atoms with van der Waals surface area (Å²) in [6.07, 6.45) is 1.66. The summed E-state index contributed by atoms with van der Waals surface area (Å²) < 4.78 is 39.3. The zero-order chi connectivity index (χ0) is 12.9. The van der Waals surface area contributed by atoms with Crippen molar-refractivity contribution in [2.45, 2.75) is 34.1 Å². The van der Waals surface area contributed by atoms with Gasteiger partial charge in [0.1, 0.15) is 0 Å². The monoisotopic (exact) mass is 230 g/mol. The minimum absolute atomic E-state index is 0.0592. The second kappa shape index (κ2) is 6.36. The van der Waals surface area contributed by atoms with Crippen LogP contribution in [0.4, 0.5) is 13.2 Å². The van der Waals surface area contributed by atoms with Crippen LogP contribution in [0.5, 0.6) is 0 Å². The third-order valence-electron chi connectivity index (χ3n) is 2.29. The minimum atomic E-state index is -1.42. The maximum atomic E-state index is 13.2. The van der Waals surface area contributed by atoms with Crippen LogP contribution in [0.25, 0.3) is 6.08 Å². The molecule has 0 aliphatic rings. The predicted molar refractivity (Wildman–Crippen MR) is 61.9 cm³/mol. The molecule has 0 radical (unpaired) electrons. The van der Waals surface area contributed by atoms with Gasteiger partial charge in [0, 0.05) is 5.56 Å². The fourth-order valence-electron chi connectivity index (χ4n) is 1.51. The van der Waals surface area contributed by atoms with Crippen molar-refractivity contribution in [2.24, 2.45) is 0 Å². The Bertz CT molecular complexity index is 381. The van der Waals surface area contributed by atoms with Gasteiger partial charge in [-0.3, -0.25) is 0 Å². The van der Waals surface area contributed by atoms with Gasteiger partial charge in [0.2, 0.25) is 0 Å². The lowest BCUT2D eigenvalue weighted by Gasteiger charge is -2.11. The topological polar surface area (TPSA) is 0 Å². The van der Waals surface area contributed by atoms with Gasteiger partial charge in [0.25, 0.3) is 0 Å². The van der Waals surface area contributed by atoms with Gasteiger partial charge in [-0.15, -0.1) is 0 Å². The average molecular weight is 230 g/mol. The van der Waals surface area contributed by atoms with Gasteiger partial charge >= 0.3 is 0 Å². The Morgan fingerprint density at radius 1 is 1.06 bits per heavy atom. The van der Waals surface area contributed by atoms with Gasteiger partial charge in [0.15, 0.2) is 17.5 Å². The molecule has 0 atom stereocenters. The molecule has 0 aliphatic carbocycles. The Balaban J connectivity index is 0.00000106. The van der Waals surface area contributed by atoms with E-state index in [9.17, 15) is 13.2 Å². The molecule has 90 valence electrons. The van der Waals surface area contributed by atoms with E-state index in [1.165, 1.54) is 13.0 Å². The molecule has 1 rings (SSSR count). The molecule has 0 amide bonds. The van der Waals surface area contributed by atoms with Crippen molar-refractivity contribution in [1.82, 2.24) is 0 Å². The molecule has 0 nitrogen and oxygen atoms in total. The Morgan fingerprint density at radius 2 is 1.56 bits per heavy atom. The van der Waals surface area contributed by atoms with Crippen LogP contribution >= 0.6 is 0 Å². The lowest BCUT2D eigenvalue weighted by molar-refractivity contribution is 0.440. The largest absolute Gasteiger partial charge is 0.203 e. The van der Waals surface area contributed by atoms with Crippen molar-refractivity contribution in [3.05, 3.63) is 40.7 Å². The summed E-state index contributed by atoms with van der Waals surface area (Å²) in [7, 11) is 0. The Hall–Kier alpha value is -1.25. The van der Waals surface area contributed by atoms with E-state index in [0.29, 0.717) is 12.0 Å². The van der Waals surface area contributed by atoms with E-state index in [1.54, 1.807) is 6.92 Å². The summed E-state index contributed by atoms with van der Waals surface area (Å²) in [6, 6.07) is 0. The van der Waals surface area contributed by atoms with Gasteiger partial charge in [-0.1, -0.05) is 33.4 Å². The number of benzene rings is 1. The highest BCUT2D eigenvalue weighted by molar-refractivity contribution is 5.55. The van der Waals surface area contributed by atoms with Gasteiger partial charge in [-0.25, -0.2) is 13.2 Å². The van der Waals surface area contributed by atoms with Crippen molar-refractivity contribution in [3.8, 4) is 0 Å². The molecule has 0 spiro atoms. The highest BCUT2D eigenvalue weighted by Gasteiger charge is 2.19. The van der Waals surface area contributed by atoms with Gasteiger partial charge in [-0.05, 0) is 24.5 Å². The van der Waals surface area contributed by atoms with E-state index < -0.39 is 17.5 Å². The number of hydrogen-bond donors (Lipinski definition) is 0. The van der Waals surface area contributed by atoms with E-state index in [2.05, 4.69) is 6.58 Å². The smallest absolute Gasteiger partial charge is 0.195 e. The first kappa shape index (κ1) is 14.8. The van der Waals surface area contributed by atoms with Crippen molar-refractivity contribution in [1.29, 1.82) is 0 Å². The van der Waals surface area contributed by atoms with Crippen molar-refractivity contribution < 1.29 is 13.2 Å². The normalized spacial score (nSPS) is 9.44. The van der Waals surface area contributed by atoms with Gasteiger partial charge < -0.3 is 0 Å². The molecule has 0 saturated carbocycles. The third-order valence-corrected chi connectivity index (χ3v) is 2.29. The molecule has 0 N–H and O–H groups in total. The number of halogens is 3. The highest BCUT2D eigenvalue weighted by atomic mass is 19.2. The van der Waals surface area contributed by atoms with Crippen molar-refractivity contribution in [3.63, 3.8) is 0 Å². The van der Waals surface area contributed by atoms with Crippen LogP contribution < -0.4 is 0 Å². The summed E-state index contributed by atoms with van der Waals surface area (Å²) in [4.78, 5) is 0. The molecule has 0 aliphatic heterocycles. The molecule has 0 aromatic heterocycles. The highest BCUT2D eigenvalue weighted by Crippen LogP contribution is 2.25. The third kappa shape index (κ3) is 2.46. The van der Waals surface area contributed by atoms with Gasteiger partial charge in [0.05, 0.1) is 0 Å². The fourth-order valence-corrected chi connectivity index (χ4v) is 1.51. The minimum Gasteiger partial charge on any atom is -0.203 e. The lowest BCUT2D eigenvalue weighted by Crippen LogP contribution is -2.04. The molecule has 0 heterocycles. The van der Waals surface area contributed by atoms with E-state index in [1.807, 2.05) is 13.8 Å². The average Bonchev–Trinajstić information content (AvgIpc) is 2.33. The summed E-state index contributed by atoms with van der Waals surface area (Å²) in [5.41, 5.74) is 0.682. The SMILES string of the molecule is C=Cc1c(F)c(F)c(F)c(C)c1CC.CC. The van der Waals surface area contributed by atoms with Crippen molar-refractivity contribution in [2.75, 3.05) is 0 Å². The summed E-state index contributed by atoms with van der Waals surface area (Å²) in [5, 5.41) is 0. The van der Waals surface area contributed by atoms with Crippen LogP contribution in [0.2, 0.25) is 0 Å². The zero-order valence-electron chi connectivity index (χ0n) is 10.1. The van der Waals surface area contributed by atoms with Gasteiger partial charge in [-0.2, -0.15) is 0 Å². The summed E-state index contributed by atoms with van der Waals surface area (Å²) >= 11 is 0. The van der Waals surface area contributed by atoms with E-state index in [0.717, 1.165) is 0 Å². The molecule has 0 saturated heterocycles. The lowest BCUT2D eigenvalue weighted by atomic mass is 9.98. The van der Waals surface area contributed by atoms with Crippen LogP contribution in [0, 0.1) is 24.4 Å². The first-order valence-electron chi connectivity index (χ1n) is 5.32. The van der Waals surface area contributed by atoms with Crippen LogP contribution in [-0.4, -0.2) is 0 Å². The summed E-state index contributed by atoms with van der Waals surface area (Å²) in [6.45, 7) is 10.6. The second-order valence-electron chi connectivity index (χ2n) is 3.02. The Morgan fingerprint density at radius 3 is 1.94 bits per heavy atom. The Kier molecular flexibility index (Phi) is 5.86. The molecule has 0 bridgehead atoms. The molecular weight excluding hydrogens is 213 g/mol. The maximum absolute atomic E-state index is 13.2. The first-order chi connectivity index (χ1) is 7.54. The number of hydrogen-bond acceptors (Lipinski definition) is 0. The molecule has 0 unspecified atom stereocenters. The Labute approximate surface area is 94.8 Å². The van der Waals surface area contributed by atoms with Crippen LogP contribution in [0.1, 0.15) is 37.5 Å². The fraction of sp³-hybridized carbons (Fsp3) is 0.385. The predicted octanol–water partition coefficient (Wildman–Crippen LogP) is 4.64. The molecule has 3 heteroatoms. The van der Waals surface area contributed by atoms with Crippen LogP contribution in [-0.2, 0) is 6.42 Å². The van der Waals surface area contributed by atoms with E-state index >= 15 is 0 Å². The molecule has 1 aromatic rings. The number of rotatable bonds is 2. The molecule has 1 aromatic carbocycles. The first-order valence-corrected chi connectivity index (χ1v) is 5.32. The maximum Gasteiger partial charge on any atom is 0.195 e. The van der Waals surface area contributed by atoms with E-state index in [-0.39, 0.29) is 11.1 Å². The quantitative estimate of drug-likeness (QED) is 0.649. The zero-order valence-corrected chi connectivity index (χ0v) is 10.1. The molecule has 16 heavy (non-hydrogen) atoms.